The average molecular weight is 281 g/mol. The van der Waals surface area contributed by atoms with Crippen molar-refractivity contribution in [2.45, 2.75) is 32.1 Å². The number of rotatable bonds is 3. The number of nitrogens with one attached hydrogen (secondary N) is 1. The van der Waals surface area contributed by atoms with Crippen molar-refractivity contribution in [3.8, 4) is 0 Å². The molecule has 0 atom stereocenters. The summed E-state index contributed by atoms with van der Waals surface area (Å²) in [7, 11) is 0. The molecule has 0 saturated heterocycles. The van der Waals surface area contributed by atoms with Crippen molar-refractivity contribution in [2.75, 3.05) is 0 Å². The summed E-state index contributed by atoms with van der Waals surface area (Å²) in [4.78, 5) is 24.5. The van der Waals surface area contributed by atoms with Crippen molar-refractivity contribution in [1.82, 2.24) is 5.32 Å². The summed E-state index contributed by atoms with van der Waals surface area (Å²) in [6.07, 6.45) is 7.21. The van der Waals surface area contributed by atoms with Gasteiger partial charge in [0.05, 0.1) is 5.57 Å². The SMILES string of the molecule is C=Cc1ccccc1C1=C(C2CCCCC2)C(=O)NC1=O. The molecule has 1 N–H and O–H groups in total. The van der Waals surface area contributed by atoms with Crippen LogP contribution in [0.25, 0.3) is 11.6 Å². The van der Waals surface area contributed by atoms with Gasteiger partial charge in [-0.3, -0.25) is 14.9 Å². The number of benzene rings is 1. The molecule has 0 unspecified atom stereocenters. The van der Waals surface area contributed by atoms with Crippen LogP contribution in [-0.4, -0.2) is 11.8 Å². The lowest BCUT2D eigenvalue weighted by molar-refractivity contribution is -0.123. The van der Waals surface area contributed by atoms with E-state index < -0.39 is 0 Å². The van der Waals surface area contributed by atoms with Crippen molar-refractivity contribution in [3.05, 3.63) is 47.5 Å². The first-order valence-electron chi connectivity index (χ1n) is 7.54. The molecule has 3 heteroatoms. The Morgan fingerprint density at radius 2 is 1.76 bits per heavy atom. The van der Waals surface area contributed by atoms with Gasteiger partial charge in [0.25, 0.3) is 11.8 Å². The summed E-state index contributed by atoms with van der Waals surface area (Å²) < 4.78 is 0. The smallest absolute Gasteiger partial charge is 0.259 e. The Bertz CT molecular complexity index is 636. The molecule has 21 heavy (non-hydrogen) atoms. The van der Waals surface area contributed by atoms with Crippen LogP contribution in [-0.2, 0) is 9.59 Å². The highest BCUT2D eigenvalue weighted by Crippen LogP contribution is 2.37. The summed E-state index contributed by atoms with van der Waals surface area (Å²) >= 11 is 0. The van der Waals surface area contributed by atoms with Gasteiger partial charge in [-0.2, -0.15) is 0 Å². The van der Waals surface area contributed by atoms with Crippen LogP contribution in [0, 0.1) is 5.92 Å². The van der Waals surface area contributed by atoms with Crippen LogP contribution < -0.4 is 5.32 Å². The quantitative estimate of drug-likeness (QED) is 0.864. The normalized spacial score (nSPS) is 19.8. The zero-order chi connectivity index (χ0) is 14.8. The summed E-state index contributed by atoms with van der Waals surface area (Å²) in [5.41, 5.74) is 2.96. The van der Waals surface area contributed by atoms with Crippen molar-refractivity contribution < 1.29 is 9.59 Å². The molecule has 0 radical (unpaired) electrons. The molecule has 3 rings (SSSR count). The second kappa shape index (κ2) is 5.68. The Kier molecular flexibility index (Phi) is 3.74. The van der Waals surface area contributed by atoms with Gasteiger partial charge in [0.1, 0.15) is 0 Å². The van der Waals surface area contributed by atoms with Crippen LogP contribution in [0.15, 0.2) is 36.4 Å². The molecule has 1 saturated carbocycles. The molecule has 2 amide bonds. The second-order valence-electron chi connectivity index (χ2n) is 5.70. The molecular formula is C18H19NO2. The first kappa shape index (κ1) is 13.8. The maximum atomic E-state index is 12.3. The maximum absolute atomic E-state index is 12.3. The summed E-state index contributed by atoms with van der Waals surface area (Å²) in [6.45, 7) is 3.81. The first-order chi connectivity index (χ1) is 10.2. The lowest BCUT2D eigenvalue weighted by Crippen LogP contribution is -2.25. The minimum Gasteiger partial charge on any atom is -0.288 e. The predicted octanol–water partition coefficient (Wildman–Crippen LogP) is 3.32. The molecule has 108 valence electrons. The fourth-order valence-electron chi connectivity index (χ4n) is 3.42. The second-order valence-corrected chi connectivity index (χ2v) is 5.70. The molecular weight excluding hydrogens is 262 g/mol. The van der Waals surface area contributed by atoms with E-state index in [-0.39, 0.29) is 17.7 Å². The van der Waals surface area contributed by atoms with E-state index in [4.69, 9.17) is 0 Å². The van der Waals surface area contributed by atoms with E-state index in [1.165, 1.54) is 6.42 Å². The van der Waals surface area contributed by atoms with Crippen LogP contribution in [0.3, 0.4) is 0 Å². The molecule has 1 aliphatic carbocycles. The third-order valence-corrected chi connectivity index (χ3v) is 4.43. The van der Waals surface area contributed by atoms with Crippen LogP contribution >= 0.6 is 0 Å². The lowest BCUT2D eigenvalue weighted by Gasteiger charge is -2.22. The van der Waals surface area contributed by atoms with Crippen molar-refractivity contribution in [2.24, 2.45) is 5.92 Å². The Hall–Kier alpha value is -2.16. The topological polar surface area (TPSA) is 46.2 Å². The zero-order valence-corrected chi connectivity index (χ0v) is 12.0. The van der Waals surface area contributed by atoms with E-state index in [1.807, 2.05) is 24.3 Å². The number of hydrogen-bond donors (Lipinski definition) is 1. The number of amides is 2. The highest BCUT2D eigenvalue weighted by Gasteiger charge is 2.36. The van der Waals surface area contributed by atoms with Gasteiger partial charge in [0.15, 0.2) is 0 Å². The molecule has 1 heterocycles. The van der Waals surface area contributed by atoms with Crippen LogP contribution in [0.5, 0.6) is 0 Å². The largest absolute Gasteiger partial charge is 0.288 e. The molecule has 1 fully saturated rings. The predicted molar refractivity (Wildman–Crippen MR) is 83.2 cm³/mol. The highest BCUT2D eigenvalue weighted by molar-refractivity contribution is 6.36. The fraction of sp³-hybridized carbons (Fsp3) is 0.333. The maximum Gasteiger partial charge on any atom is 0.259 e. The molecule has 3 nitrogen and oxygen atoms in total. The number of imide groups is 1. The first-order valence-corrected chi connectivity index (χ1v) is 7.54. The molecule has 2 aliphatic rings. The Morgan fingerprint density at radius 1 is 1.05 bits per heavy atom. The van der Waals surface area contributed by atoms with Gasteiger partial charge >= 0.3 is 0 Å². The van der Waals surface area contributed by atoms with Gasteiger partial charge in [-0.1, -0.05) is 56.2 Å². The van der Waals surface area contributed by atoms with E-state index >= 15 is 0 Å². The summed E-state index contributed by atoms with van der Waals surface area (Å²) in [5.74, 6) is -0.270. The Labute approximate surface area is 124 Å². The minimum atomic E-state index is -0.269. The molecule has 0 aromatic heterocycles. The third-order valence-electron chi connectivity index (χ3n) is 4.43. The lowest BCUT2D eigenvalue weighted by atomic mass is 9.80. The molecule has 0 spiro atoms. The standard InChI is InChI=1S/C18H19NO2/c1-2-12-8-6-7-11-14(12)16-15(17(20)19-18(16)21)13-9-4-3-5-10-13/h2,6-8,11,13H,1,3-5,9-10H2,(H,19,20,21). The molecule has 1 aliphatic heterocycles. The molecule has 1 aromatic rings. The van der Waals surface area contributed by atoms with E-state index in [0.717, 1.165) is 36.8 Å². The van der Waals surface area contributed by atoms with Crippen molar-refractivity contribution in [3.63, 3.8) is 0 Å². The van der Waals surface area contributed by atoms with E-state index in [9.17, 15) is 9.59 Å². The van der Waals surface area contributed by atoms with Crippen LogP contribution in [0.2, 0.25) is 0 Å². The van der Waals surface area contributed by atoms with E-state index in [1.54, 1.807) is 6.08 Å². The van der Waals surface area contributed by atoms with Gasteiger partial charge in [-0.25, -0.2) is 0 Å². The van der Waals surface area contributed by atoms with Gasteiger partial charge in [0, 0.05) is 5.57 Å². The monoisotopic (exact) mass is 281 g/mol. The van der Waals surface area contributed by atoms with E-state index in [0.29, 0.717) is 11.1 Å². The Balaban J connectivity index is 2.14. The fourth-order valence-corrected chi connectivity index (χ4v) is 3.42. The Morgan fingerprint density at radius 3 is 2.48 bits per heavy atom. The third kappa shape index (κ3) is 2.44. The number of carbonyl (C=O) groups excluding carboxylic acids is 2. The molecule has 0 bridgehead atoms. The minimum absolute atomic E-state index is 0.207. The van der Waals surface area contributed by atoms with Crippen molar-refractivity contribution >= 4 is 23.5 Å². The van der Waals surface area contributed by atoms with Gasteiger partial charge < -0.3 is 0 Å². The van der Waals surface area contributed by atoms with Gasteiger partial charge in [-0.15, -0.1) is 0 Å². The average Bonchev–Trinajstić information content (AvgIpc) is 2.82. The zero-order valence-electron chi connectivity index (χ0n) is 12.0. The highest BCUT2D eigenvalue weighted by atomic mass is 16.2. The summed E-state index contributed by atoms with van der Waals surface area (Å²) in [5, 5.41) is 2.48. The molecule has 1 aromatic carbocycles. The number of carbonyl (C=O) groups is 2. The van der Waals surface area contributed by atoms with Crippen LogP contribution in [0.1, 0.15) is 43.2 Å². The van der Waals surface area contributed by atoms with Crippen molar-refractivity contribution in [1.29, 1.82) is 0 Å². The summed E-state index contributed by atoms with van der Waals surface area (Å²) in [6, 6.07) is 7.62. The van der Waals surface area contributed by atoms with E-state index in [2.05, 4.69) is 11.9 Å². The van der Waals surface area contributed by atoms with Crippen LogP contribution in [0.4, 0.5) is 0 Å². The van der Waals surface area contributed by atoms with Gasteiger partial charge in [-0.05, 0) is 29.9 Å². The van der Waals surface area contributed by atoms with Gasteiger partial charge in [0.2, 0.25) is 0 Å². The number of hydrogen-bond acceptors (Lipinski definition) is 2.